The van der Waals surface area contributed by atoms with Crippen LogP contribution >= 0.6 is 11.6 Å². The maximum atomic E-state index is 12.9. The molecule has 4 nitrogen and oxygen atoms in total. The molecule has 0 aliphatic heterocycles. The summed E-state index contributed by atoms with van der Waals surface area (Å²) in [5.41, 5.74) is 3.66. The van der Waals surface area contributed by atoms with Gasteiger partial charge in [0.05, 0.1) is 10.7 Å². The topological polar surface area (TPSA) is 76.2 Å². The number of nitrogens with two attached hydrogens (primary N) is 1. The Kier molecular flexibility index (Phi) is 2.81. The molecule has 0 amide bonds. The second kappa shape index (κ2) is 3.62. The van der Waals surface area contributed by atoms with Gasteiger partial charge in [0, 0.05) is 6.92 Å². The molecule has 0 aliphatic rings. The highest BCUT2D eigenvalue weighted by atomic mass is 35.5. The van der Waals surface area contributed by atoms with Crippen LogP contribution in [0.1, 0.15) is 23.1 Å². The predicted molar refractivity (Wildman–Crippen MR) is 50.2 cm³/mol. The lowest BCUT2D eigenvalue weighted by Gasteiger charge is -2.12. The Hall–Kier alpha value is -1.43. The van der Waals surface area contributed by atoms with E-state index < -0.39 is 23.3 Å². The van der Waals surface area contributed by atoms with Crippen LogP contribution < -0.4 is 5.73 Å². The van der Waals surface area contributed by atoms with E-state index in [-0.39, 0.29) is 10.7 Å². The Labute approximate surface area is 88.7 Å². The quantitative estimate of drug-likeness (QED) is 0.825. The second-order valence-corrected chi connectivity index (χ2v) is 3.33. The summed E-state index contributed by atoms with van der Waals surface area (Å²) < 4.78 is 25.7. The number of nitrogens with zero attached hydrogens (tertiary/aromatic N) is 1. The average Bonchev–Trinajstić information content (AvgIpc) is 2.06. The predicted octanol–water partition coefficient (Wildman–Crippen LogP) is 2.13. The molecule has 0 bridgehead atoms. The average molecular weight is 237 g/mol. The van der Waals surface area contributed by atoms with Gasteiger partial charge in [0.25, 0.3) is 5.92 Å². The zero-order chi connectivity index (χ0) is 11.8. The van der Waals surface area contributed by atoms with Gasteiger partial charge in [0.2, 0.25) is 0 Å². The molecule has 1 aromatic heterocycles. The van der Waals surface area contributed by atoms with Gasteiger partial charge >= 0.3 is 5.97 Å². The van der Waals surface area contributed by atoms with Gasteiger partial charge in [-0.2, -0.15) is 8.78 Å². The number of carbonyl (C=O) groups is 1. The van der Waals surface area contributed by atoms with Gasteiger partial charge in [-0.25, -0.2) is 9.78 Å². The molecule has 0 atom stereocenters. The molecule has 7 heteroatoms. The number of alkyl halides is 2. The van der Waals surface area contributed by atoms with E-state index in [1.54, 1.807) is 0 Å². The summed E-state index contributed by atoms with van der Waals surface area (Å²) in [5, 5.41) is 8.30. The number of nitrogen functional groups attached to an aromatic ring is 1. The minimum Gasteiger partial charge on any atom is -0.476 e. The molecule has 82 valence electrons. The molecule has 0 radical (unpaired) electrons. The summed E-state index contributed by atoms with van der Waals surface area (Å²) in [5.74, 6) is -4.76. The molecule has 1 heterocycles. The molecule has 0 spiro atoms. The molecule has 0 aliphatic carbocycles. The number of rotatable bonds is 2. The number of pyridine rings is 1. The van der Waals surface area contributed by atoms with E-state index in [1.807, 2.05) is 0 Å². The second-order valence-electron chi connectivity index (χ2n) is 2.95. The highest BCUT2D eigenvalue weighted by molar-refractivity contribution is 6.35. The lowest BCUT2D eigenvalue weighted by atomic mass is 10.2. The van der Waals surface area contributed by atoms with Gasteiger partial charge in [-0.15, -0.1) is 0 Å². The van der Waals surface area contributed by atoms with Crippen LogP contribution in [0.5, 0.6) is 0 Å². The monoisotopic (exact) mass is 236 g/mol. The number of carboxylic acids is 1. The highest BCUT2D eigenvalue weighted by Gasteiger charge is 2.29. The van der Waals surface area contributed by atoms with Crippen LogP contribution in [0, 0.1) is 0 Å². The van der Waals surface area contributed by atoms with Gasteiger partial charge in [-0.3, -0.25) is 0 Å². The fourth-order valence-corrected chi connectivity index (χ4v) is 1.09. The third kappa shape index (κ3) is 2.33. The number of carboxylic acid groups (broad SMARTS) is 1. The summed E-state index contributed by atoms with van der Waals surface area (Å²) in [6.45, 7) is 0.592. The van der Waals surface area contributed by atoms with Gasteiger partial charge in [-0.05, 0) is 6.07 Å². The zero-order valence-electron chi connectivity index (χ0n) is 7.59. The first-order chi connectivity index (χ1) is 6.73. The van der Waals surface area contributed by atoms with Gasteiger partial charge < -0.3 is 10.8 Å². The van der Waals surface area contributed by atoms with Gasteiger partial charge in [0.1, 0.15) is 5.69 Å². The Morgan fingerprint density at radius 3 is 2.60 bits per heavy atom. The summed E-state index contributed by atoms with van der Waals surface area (Å²) >= 11 is 5.50. The SMILES string of the molecule is CC(F)(F)c1cc(N)c(Cl)c(C(=O)O)n1. The van der Waals surface area contributed by atoms with Crippen LogP contribution in [-0.4, -0.2) is 16.1 Å². The molecule has 3 N–H and O–H groups in total. The Balaban J connectivity index is 3.43. The molecule has 0 fully saturated rings. The summed E-state index contributed by atoms with van der Waals surface area (Å²) in [4.78, 5) is 13.8. The van der Waals surface area contributed by atoms with E-state index in [4.69, 9.17) is 22.4 Å². The van der Waals surface area contributed by atoms with Crippen LogP contribution in [0.4, 0.5) is 14.5 Å². The lowest BCUT2D eigenvalue weighted by molar-refractivity contribution is 0.0126. The molecule has 0 aromatic carbocycles. The lowest BCUT2D eigenvalue weighted by Crippen LogP contribution is -2.14. The van der Waals surface area contributed by atoms with Crippen molar-refractivity contribution in [3.8, 4) is 0 Å². The maximum absolute atomic E-state index is 12.9. The van der Waals surface area contributed by atoms with Gasteiger partial charge in [-0.1, -0.05) is 11.6 Å². The highest BCUT2D eigenvalue weighted by Crippen LogP contribution is 2.31. The van der Waals surface area contributed by atoms with Crippen molar-refractivity contribution < 1.29 is 18.7 Å². The zero-order valence-corrected chi connectivity index (χ0v) is 8.35. The van der Waals surface area contributed by atoms with E-state index in [0.29, 0.717) is 6.92 Å². The molecule has 0 saturated heterocycles. The third-order valence-corrected chi connectivity index (χ3v) is 2.04. The Morgan fingerprint density at radius 1 is 1.67 bits per heavy atom. The fourth-order valence-electron chi connectivity index (χ4n) is 0.916. The standard InChI is InChI=1S/C8H7ClF2N2O2/c1-8(10,11)4-2-3(12)5(9)6(13-4)7(14)15/h2H,1H3,(H2,12,13)(H,14,15). The number of anilines is 1. The molecule has 1 aromatic rings. The molecular formula is C8H7ClF2N2O2. The summed E-state index contributed by atoms with van der Waals surface area (Å²) in [6, 6.07) is 0.856. The first-order valence-corrected chi connectivity index (χ1v) is 4.19. The summed E-state index contributed by atoms with van der Waals surface area (Å²) in [6.07, 6.45) is 0. The normalized spacial score (nSPS) is 11.5. The third-order valence-electron chi connectivity index (χ3n) is 1.64. The van der Waals surface area contributed by atoms with E-state index in [1.165, 1.54) is 0 Å². The Morgan fingerprint density at radius 2 is 2.20 bits per heavy atom. The van der Waals surface area contributed by atoms with Crippen molar-refractivity contribution in [2.75, 3.05) is 5.73 Å². The van der Waals surface area contributed by atoms with Crippen molar-refractivity contribution in [2.45, 2.75) is 12.8 Å². The largest absolute Gasteiger partial charge is 0.476 e. The minimum absolute atomic E-state index is 0.236. The molecule has 0 saturated carbocycles. The smallest absolute Gasteiger partial charge is 0.356 e. The van der Waals surface area contributed by atoms with E-state index in [9.17, 15) is 13.6 Å². The van der Waals surface area contributed by atoms with E-state index in [0.717, 1.165) is 6.07 Å². The number of hydrogen-bond donors (Lipinski definition) is 2. The van der Waals surface area contributed by atoms with Crippen LogP contribution in [0.3, 0.4) is 0 Å². The molecule has 0 unspecified atom stereocenters. The van der Waals surface area contributed by atoms with Crippen LogP contribution in [0.15, 0.2) is 6.07 Å². The van der Waals surface area contributed by atoms with Crippen LogP contribution in [0.25, 0.3) is 0 Å². The number of aromatic carboxylic acids is 1. The maximum Gasteiger partial charge on any atom is 0.356 e. The van der Waals surface area contributed by atoms with Crippen molar-refractivity contribution in [1.82, 2.24) is 4.98 Å². The molecular weight excluding hydrogens is 230 g/mol. The van der Waals surface area contributed by atoms with Crippen molar-refractivity contribution >= 4 is 23.3 Å². The van der Waals surface area contributed by atoms with Crippen molar-refractivity contribution in [3.63, 3.8) is 0 Å². The Bertz CT molecular complexity index is 418. The number of halogens is 3. The fraction of sp³-hybridized carbons (Fsp3) is 0.250. The van der Waals surface area contributed by atoms with Crippen molar-refractivity contribution in [1.29, 1.82) is 0 Å². The number of aromatic nitrogens is 1. The minimum atomic E-state index is -3.26. The first kappa shape index (κ1) is 11.6. The summed E-state index contributed by atoms with van der Waals surface area (Å²) in [7, 11) is 0. The van der Waals surface area contributed by atoms with Gasteiger partial charge in [0.15, 0.2) is 5.69 Å². The van der Waals surface area contributed by atoms with Crippen LogP contribution in [0.2, 0.25) is 5.02 Å². The van der Waals surface area contributed by atoms with E-state index >= 15 is 0 Å². The van der Waals surface area contributed by atoms with Crippen molar-refractivity contribution in [3.05, 3.63) is 22.5 Å². The van der Waals surface area contributed by atoms with Crippen molar-refractivity contribution in [2.24, 2.45) is 0 Å². The molecule has 1 rings (SSSR count). The first-order valence-electron chi connectivity index (χ1n) is 3.81. The molecule has 15 heavy (non-hydrogen) atoms. The van der Waals surface area contributed by atoms with Crippen LogP contribution in [-0.2, 0) is 5.92 Å². The number of hydrogen-bond acceptors (Lipinski definition) is 3. The van der Waals surface area contributed by atoms with E-state index in [2.05, 4.69) is 4.98 Å².